The van der Waals surface area contributed by atoms with Crippen molar-refractivity contribution in [2.75, 3.05) is 14.2 Å². The van der Waals surface area contributed by atoms with Crippen molar-refractivity contribution in [3.63, 3.8) is 0 Å². The molecule has 0 spiro atoms. The lowest BCUT2D eigenvalue weighted by atomic mass is 10.2. The first-order valence-electron chi connectivity index (χ1n) is 14.4. The molecular formula is C33H29F3N5O5PS. The number of esters is 1. The van der Waals surface area contributed by atoms with Crippen molar-refractivity contribution < 1.29 is 36.6 Å². The van der Waals surface area contributed by atoms with E-state index < -0.39 is 31.4 Å². The highest BCUT2D eigenvalue weighted by atomic mass is 32.2. The first-order valence-corrected chi connectivity index (χ1v) is 16.8. The molecule has 10 nitrogen and oxygen atoms in total. The minimum Gasteiger partial charge on any atom is -0.468 e. The van der Waals surface area contributed by atoms with Crippen molar-refractivity contribution in [2.45, 2.75) is 28.9 Å². The van der Waals surface area contributed by atoms with Gasteiger partial charge < -0.3 is 14.6 Å². The van der Waals surface area contributed by atoms with Crippen LogP contribution in [0.5, 0.6) is 5.75 Å². The lowest BCUT2D eigenvalue weighted by Gasteiger charge is -2.23. The first-order chi connectivity index (χ1) is 22.9. The maximum atomic E-state index is 14.9. The van der Waals surface area contributed by atoms with Crippen LogP contribution in [0.3, 0.4) is 0 Å². The van der Waals surface area contributed by atoms with Crippen molar-refractivity contribution in [1.82, 2.24) is 24.9 Å². The number of methoxy groups -OCH3 is 1. The molecule has 2 heterocycles. The number of alkyl halides is 3. The van der Waals surface area contributed by atoms with Crippen molar-refractivity contribution in [2.24, 2.45) is 0 Å². The van der Waals surface area contributed by atoms with Gasteiger partial charge in [-0.2, -0.15) is 22.7 Å². The number of hydrogen-bond donors (Lipinski definition) is 2. The number of pyridine rings is 1. The molecule has 5 aromatic rings. The number of ether oxygens (including phenoxy) is 1. The van der Waals surface area contributed by atoms with Gasteiger partial charge >= 0.3 is 19.8 Å². The molecule has 248 valence electrons. The van der Waals surface area contributed by atoms with Crippen molar-refractivity contribution in [3.05, 3.63) is 114 Å². The Kier molecular flexibility index (Phi) is 10.4. The summed E-state index contributed by atoms with van der Waals surface area (Å²) in [5.41, 5.74) is 0.813. The average Bonchev–Trinajstić information content (AvgIpc) is 3.45. The Morgan fingerprint density at radius 2 is 1.73 bits per heavy atom. The molecule has 0 bridgehead atoms. The molecule has 2 aromatic heterocycles. The van der Waals surface area contributed by atoms with Crippen LogP contribution in [0.2, 0.25) is 0 Å². The van der Waals surface area contributed by atoms with E-state index in [4.69, 9.17) is 9.26 Å². The van der Waals surface area contributed by atoms with E-state index in [0.29, 0.717) is 37.6 Å². The fraction of sp³-hybridized carbons (Fsp3) is 0.152. The van der Waals surface area contributed by atoms with Gasteiger partial charge in [-0.25, -0.2) is 9.65 Å². The molecule has 0 aliphatic heterocycles. The van der Waals surface area contributed by atoms with Gasteiger partial charge in [0.15, 0.2) is 0 Å². The highest BCUT2D eigenvalue weighted by Crippen LogP contribution is 2.48. The Balaban J connectivity index is 1.66. The minimum atomic E-state index is -4.60. The van der Waals surface area contributed by atoms with Crippen molar-refractivity contribution in [1.29, 1.82) is 0 Å². The predicted octanol–water partition coefficient (Wildman–Crippen LogP) is 7.32. The highest BCUT2D eigenvalue weighted by molar-refractivity contribution is 7.99. The normalized spacial score (nSPS) is 13.6. The fourth-order valence-electron chi connectivity index (χ4n) is 4.58. The zero-order valence-electron chi connectivity index (χ0n) is 25.8. The Morgan fingerprint density at radius 3 is 2.40 bits per heavy atom. The van der Waals surface area contributed by atoms with E-state index in [1.807, 2.05) is 12.1 Å². The number of rotatable bonds is 11. The molecule has 2 atom stereocenters. The number of benzene rings is 3. The number of aromatic nitrogens is 3. The lowest BCUT2D eigenvalue weighted by molar-refractivity contribution is -0.142. The zero-order chi connectivity index (χ0) is 34.5. The van der Waals surface area contributed by atoms with Crippen LogP contribution in [-0.2, 0) is 20.3 Å². The molecule has 1 unspecified atom stereocenters. The Morgan fingerprint density at radius 1 is 1.00 bits per heavy atom. The van der Waals surface area contributed by atoms with Gasteiger partial charge in [-0.3, -0.25) is 14.6 Å². The summed E-state index contributed by atoms with van der Waals surface area (Å²) >= 11 is 1.28. The van der Waals surface area contributed by atoms with Gasteiger partial charge in [0.05, 0.1) is 35.1 Å². The molecule has 0 aliphatic rings. The van der Waals surface area contributed by atoms with E-state index in [9.17, 15) is 27.3 Å². The smallest absolute Gasteiger partial charge is 0.440 e. The number of halogens is 3. The number of nitrogens with one attached hydrogen (secondary N) is 2. The molecule has 0 aliphatic carbocycles. The third-order valence-electron chi connectivity index (χ3n) is 6.92. The standard InChI is InChI=1S/C33H29F3N5O5PS/c1-21(32(43)45-3)40-47(44,46-24-14-11-22(12-15-24)33(34,35)36)41-29-20-25(48-30-10-5-4-9-27(30)31(42)37-2)16-17-26(29)28(39-41)18-13-23-8-6-7-19-38-23/h4-21H,1-3H3,(H,37,42)(H,40,44)/b18-13+/t21-,47?/m0/s1. The van der Waals surface area contributed by atoms with E-state index in [1.165, 1.54) is 25.7 Å². The third-order valence-corrected chi connectivity index (χ3v) is 9.96. The van der Waals surface area contributed by atoms with E-state index in [-0.39, 0.29) is 11.7 Å². The summed E-state index contributed by atoms with van der Waals surface area (Å²) in [6.45, 7) is 1.40. The maximum Gasteiger partial charge on any atom is 0.440 e. The molecule has 0 radical (unpaired) electrons. The highest BCUT2D eigenvalue weighted by Gasteiger charge is 2.36. The van der Waals surface area contributed by atoms with Crippen LogP contribution in [0, 0.1) is 0 Å². The first kappa shape index (κ1) is 34.4. The fourth-order valence-corrected chi connectivity index (χ4v) is 7.46. The van der Waals surface area contributed by atoms with Crippen molar-refractivity contribution >= 4 is 54.4 Å². The monoisotopic (exact) mass is 695 g/mol. The van der Waals surface area contributed by atoms with Crippen LogP contribution >= 0.6 is 19.4 Å². The van der Waals surface area contributed by atoms with E-state index in [0.717, 1.165) is 35.8 Å². The van der Waals surface area contributed by atoms with E-state index in [2.05, 4.69) is 20.5 Å². The minimum absolute atomic E-state index is 0.171. The largest absolute Gasteiger partial charge is 0.468 e. The second-order valence-corrected chi connectivity index (χ2v) is 13.2. The SMILES string of the molecule is CNC(=O)c1ccccc1Sc1ccc2c(/C=C/c3ccccn3)nn(P(=O)(N[C@@H](C)C(=O)OC)Oc3ccc(C(F)(F)F)cc3)c2c1. The summed E-state index contributed by atoms with van der Waals surface area (Å²) in [4.78, 5) is 30.6. The maximum absolute atomic E-state index is 14.9. The number of carbonyl (C=O) groups excluding carboxylic acids is 2. The summed E-state index contributed by atoms with van der Waals surface area (Å²) in [7, 11) is -1.78. The summed E-state index contributed by atoms with van der Waals surface area (Å²) in [5.74, 6) is -1.21. The average molecular weight is 696 g/mol. The lowest BCUT2D eigenvalue weighted by Crippen LogP contribution is -2.36. The molecule has 2 N–H and O–H groups in total. The van der Waals surface area contributed by atoms with Crippen LogP contribution in [0.1, 0.15) is 34.2 Å². The predicted molar refractivity (Wildman–Crippen MR) is 177 cm³/mol. The van der Waals surface area contributed by atoms with Crippen LogP contribution in [0.4, 0.5) is 13.2 Å². The number of amides is 1. The molecular weight excluding hydrogens is 666 g/mol. The molecule has 3 aromatic carbocycles. The van der Waals surface area contributed by atoms with Crippen LogP contribution < -0.4 is 14.9 Å². The van der Waals surface area contributed by atoms with Gasteiger partial charge in [0.1, 0.15) is 11.8 Å². The zero-order valence-corrected chi connectivity index (χ0v) is 27.5. The number of nitrogens with zero attached hydrogens (tertiary/aromatic N) is 3. The number of hydrogen-bond acceptors (Lipinski definition) is 8. The van der Waals surface area contributed by atoms with Gasteiger partial charge in [0, 0.05) is 28.4 Å². The van der Waals surface area contributed by atoms with Crippen LogP contribution in [0.25, 0.3) is 23.1 Å². The molecule has 0 saturated heterocycles. The Bertz CT molecular complexity index is 2020. The number of carbonyl (C=O) groups is 2. The Labute approximate surface area is 277 Å². The van der Waals surface area contributed by atoms with Gasteiger partial charge in [-0.15, -0.1) is 0 Å². The third kappa shape index (κ3) is 7.79. The number of fused-ring (bicyclic) bond motifs is 1. The summed E-state index contributed by atoms with van der Waals surface area (Å²) < 4.78 is 66.5. The second kappa shape index (κ2) is 14.5. The van der Waals surface area contributed by atoms with Crippen LogP contribution in [0.15, 0.2) is 101 Å². The van der Waals surface area contributed by atoms with Gasteiger partial charge in [-0.1, -0.05) is 30.0 Å². The summed E-state index contributed by atoms with van der Waals surface area (Å²) in [5, 5.41) is 10.5. The second-order valence-electron chi connectivity index (χ2n) is 10.2. The molecule has 48 heavy (non-hydrogen) atoms. The van der Waals surface area contributed by atoms with Gasteiger partial charge in [-0.05, 0) is 85.8 Å². The van der Waals surface area contributed by atoms with E-state index in [1.54, 1.807) is 66.9 Å². The molecule has 0 fully saturated rings. The van der Waals surface area contributed by atoms with E-state index >= 15 is 0 Å². The Hall–Kier alpha value is -4.91. The van der Waals surface area contributed by atoms with Crippen LogP contribution in [-0.4, -0.2) is 46.6 Å². The quantitative estimate of drug-likeness (QED) is 0.108. The molecule has 15 heteroatoms. The molecule has 1 amide bonds. The summed E-state index contributed by atoms with van der Waals surface area (Å²) in [6.07, 6.45) is 0.403. The van der Waals surface area contributed by atoms with Gasteiger partial charge in [0.2, 0.25) is 0 Å². The molecule has 0 saturated carbocycles. The molecule has 5 rings (SSSR count). The summed E-state index contributed by atoms with van der Waals surface area (Å²) in [6, 6.07) is 20.1. The van der Waals surface area contributed by atoms with Crippen molar-refractivity contribution in [3.8, 4) is 5.75 Å². The van der Waals surface area contributed by atoms with Gasteiger partial charge in [0.25, 0.3) is 5.91 Å². The topological polar surface area (TPSA) is 124 Å².